The van der Waals surface area contributed by atoms with Crippen LogP contribution in [0.2, 0.25) is 0 Å². The van der Waals surface area contributed by atoms with Gasteiger partial charge in [0.15, 0.2) is 5.82 Å². The Labute approximate surface area is 115 Å². The third-order valence-corrected chi connectivity index (χ3v) is 2.60. The summed E-state index contributed by atoms with van der Waals surface area (Å²) in [4.78, 5) is 11.7. The number of carbonyl (C=O) groups is 1. The summed E-state index contributed by atoms with van der Waals surface area (Å²) >= 11 is 0. The van der Waals surface area contributed by atoms with Gasteiger partial charge in [0.25, 0.3) is 0 Å². The van der Waals surface area contributed by atoms with Gasteiger partial charge in [0, 0.05) is 5.69 Å². The highest BCUT2D eigenvalue weighted by atomic mass is 16.5. The molecule has 1 atom stereocenters. The van der Waals surface area contributed by atoms with Crippen molar-refractivity contribution >= 4 is 11.6 Å². The Morgan fingerprint density at radius 3 is 2.85 bits per heavy atom. The lowest BCUT2D eigenvalue weighted by Crippen LogP contribution is -2.28. The summed E-state index contributed by atoms with van der Waals surface area (Å²) in [7, 11) is 0. The zero-order valence-corrected chi connectivity index (χ0v) is 11.0. The maximum Gasteiger partial charge on any atom is 0.224 e. The Balaban J connectivity index is 1.71. The SMILES string of the molecule is CC(NC(=O)CCOc1ccc(N)cc1)c1nn[nH]n1. The Morgan fingerprint density at radius 2 is 2.20 bits per heavy atom. The molecule has 0 aliphatic heterocycles. The predicted molar refractivity (Wildman–Crippen MR) is 71.7 cm³/mol. The van der Waals surface area contributed by atoms with Gasteiger partial charge in [0.1, 0.15) is 5.75 Å². The number of hydrogen-bond acceptors (Lipinski definition) is 6. The number of rotatable bonds is 6. The minimum absolute atomic E-state index is 0.141. The number of nitrogens with zero attached hydrogens (tertiary/aromatic N) is 3. The number of nitrogen functional groups attached to an aromatic ring is 1. The van der Waals surface area contributed by atoms with E-state index in [1.165, 1.54) is 0 Å². The van der Waals surface area contributed by atoms with Crippen molar-refractivity contribution in [2.45, 2.75) is 19.4 Å². The standard InChI is InChI=1S/C12H16N6O2/c1-8(12-15-17-18-16-12)14-11(19)6-7-20-10-4-2-9(13)3-5-10/h2-5,8H,6-7,13H2,1H3,(H,14,19)(H,15,16,17,18). The summed E-state index contributed by atoms with van der Waals surface area (Å²) in [5.74, 6) is 0.980. The number of aromatic nitrogens is 4. The monoisotopic (exact) mass is 276 g/mol. The molecule has 8 nitrogen and oxygen atoms in total. The van der Waals surface area contributed by atoms with Gasteiger partial charge in [0.05, 0.1) is 19.1 Å². The Hall–Kier alpha value is -2.64. The first kappa shape index (κ1) is 13.8. The van der Waals surface area contributed by atoms with Gasteiger partial charge < -0.3 is 15.8 Å². The fourth-order valence-corrected chi connectivity index (χ4v) is 1.56. The predicted octanol–water partition coefficient (Wildman–Crippen LogP) is 0.428. The number of aromatic amines is 1. The first-order valence-corrected chi connectivity index (χ1v) is 6.16. The van der Waals surface area contributed by atoms with Crippen LogP contribution in [-0.4, -0.2) is 33.1 Å². The van der Waals surface area contributed by atoms with Crippen molar-refractivity contribution in [2.24, 2.45) is 0 Å². The van der Waals surface area contributed by atoms with Gasteiger partial charge in [-0.15, -0.1) is 10.2 Å². The smallest absolute Gasteiger partial charge is 0.224 e. The first-order chi connectivity index (χ1) is 9.65. The number of tetrazole rings is 1. The van der Waals surface area contributed by atoms with Crippen molar-refractivity contribution in [2.75, 3.05) is 12.3 Å². The van der Waals surface area contributed by atoms with Crippen LogP contribution in [0, 0.1) is 0 Å². The maximum atomic E-state index is 11.7. The van der Waals surface area contributed by atoms with E-state index in [2.05, 4.69) is 25.9 Å². The van der Waals surface area contributed by atoms with Crippen LogP contribution in [0.4, 0.5) is 5.69 Å². The average molecular weight is 276 g/mol. The van der Waals surface area contributed by atoms with E-state index in [9.17, 15) is 4.79 Å². The first-order valence-electron chi connectivity index (χ1n) is 6.16. The summed E-state index contributed by atoms with van der Waals surface area (Å²) in [6.07, 6.45) is 0.243. The number of benzene rings is 1. The molecular formula is C12H16N6O2. The van der Waals surface area contributed by atoms with Gasteiger partial charge in [-0.3, -0.25) is 4.79 Å². The molecule has 4 N–H and O–H groups in total. The van der Waals surface area contributed by atoms with Gasteiger partial charge in [-0.25, -0.2) is 0 Å². The lowest BCUT2D eigenvalue weighted by atomic mass is 10.3. The van der Waals surface area contributed by atoms with E-state index in [0.717, 1.165) is 0 Å². The van der Waals surface area contributed by atoms with Gasteiger partial charge in [-0.05, 0) is 31.2 Å². The summed E-state index contributed by atoms with van der Waals surface area (Å²) < 4.78 is 5.44. The van der Waals surface area contributed by atoms with E-state index in [4.69, 9.17) is 10.5 Å². The van der Waals surface area contributed by atoms with Crippen molar-refractivity contribution in [1.29, 1.82) is 0 Å². The molecule has 106 valence electrons. The molecule has 20 heavy (non-hydrogen) atoms. The molecule has 0 aliphatic carbocycles. The molecule has 0 fully saturated rings. The third-order valence-electron chi connectivity index (χ3n) is 2.60. The molecule has 2 aromatic rings. The molecule has 2 rings (SSSR count). The molecule has 0 saturated carbocycles. The highest BCUT2D eigenvalue weighted by molar-refractivity contribution is 5.76. The average Bonchev–Trinajstić information content (AvgIpc) is 2.95. The lowest BCUT2D eigenvalue weighted by Gasteiger charge is -2.10. The van der Waals surface area contributed by atoms with Gasteiger partial charge in [0.2, 0.25) is 5.91 Å². The van der Waals surface area contributed by atoms with Crippen LogP contribution < -0.4 is 15.8 Å². The number of hydrogen-bond donors (Lipinski definition) is 3. The molecule has 1 heterocycles. The van der Waals surface area contributed by atoms with Crippen LogP contribution in [0.5, 0.6) is 5.75 Å². The highest BCUT2D eigenvalue weighted by Crippen LogP contribution is 2.13. The number of amides is 1. The molecule has 1 aromatic carbocycles. The Bertz CT molecular complexity index is 540. The van der Waals surface area contributed by atoms with Crippen molar-refractivity contribution in [1.82, 2.24) is 25.9 Å². The van der Waals surface area contributed by atoms with E-state index in [1.54, 1.807) is 31.2 Å². The number of anilines is 1. The number of nitrogens with two attached hydrogens (primary N) is 1. The van der Waals surface area contributed by atoms with Gasteiger partial charge in [-0.2, -0.15) is 5.21 Å². The van der Waals surface area contributed by atoms with E-state index in [1.807, 2.05) is 0 Å². The number of H-pyrrole nitrogens is 1. The zero-order chi connectivity index (χ0) is 14.4. The van der Waals surface area contributed by atoms with Crippen molar-refractivity contribution in [3.05, 3.63) is 30.1 Å². The molecule has 0 bridgehead atoms. The summed E-state index contributed by atoms with van der Waals surface area (Å²) in [5.41, 5.74) is 6.24. The second-order valence-electron chi connectivity index (χ2n) is 4.23. The van der Waals surface area contributed by atoms with Crippen LogP contribution >= 0.6 is 0 Å². The maximum absolute atomic E-state index is 11.7. The fourth-order valence-electron chi connectivity index (χ4n) is 1.56. The van der Waals surface area contributed by atoms with Crippen LogP contribution in [-0.2, 0) is 4.79 Å². The molecule has 0 spiro atoms. The molecule has 0 radical (unpaired) electrons. The molecule has 1 aromatic heterocycles. The molecule has 0 saturated heterocycles. The highest BCUT2D eigenvalue weighted by Gasteiger charge is 2.13. The topological polar surface area (TPSA) is 119 Å². The second-order valence-corrected chi connectivity index (χ2v) is 4.23. The lowest BCUT2D eigenvalue weighted by molar-refractivity contribution is -0.122. The Morgan fingerprint density at radius 1 is 1.45 bits per heavy atom. The van der Waals surface area contributed by atoms with E-state index in [-0.39, 0.29) is 25.0 Å². The van der Waals surface area contributed by atoms with Crippen LogP contribution in [0.3, 0.4) is 0 Å². The van der Waals surface area contributed by atoms with Gasteiger partial charge in [-0.1, -0.05) is 5.21 Å². The van der Waals surface area contributed by atoms with E-state index in [0.29, 0.717) is 17.3 Å². The van der Waals surface area contributed by atoms with Crippen LogP contribution in [0.25, 0.3) is 0 Å². The van der Waals surface area contributed by atoms with Gasteiger partial charge >= 0.3 is 0 Å². The number of nitrogens with one attached hydrogen (secondary N) is 2. The van der Waals surface area contributed by atoms with Crippen molar-refractivity contribution < 1.29 is 9.53 Å². The molecule has 1 amide bonds. The molecule has 1 unspecified atom stereocenters. The zero-order valence-electron chi connectivity index (χ0n) is 11.0. The molecule has 8 heteroatoms. The van der Waals surface area contributed by atoms with Crippen LogP contribution in [0.15, 0.2) is 24.3 Å². The summed E-state index contributed by atoms with van der Waals surface area (Å²) in [5, 5.41) is 16.1. The molecular weight excluding hydrogens is 260 g/mol. The quantitative estimate of drug-likeness (QED) is 0.658. The fraction of sp³-hybridized carbons (Fsp3) is 0.333. The summed E-state index contributed by atoms with van der Waals surface area (Å²) in [6, 6.07) is 6.71. The minimum Gasteiger partial charge on any atom is -0.493 e. The van der Waals surface area contributed by atoms with E-state index < -0.39 is 0 Å². The van der Waals surface area contributed by atoms with E-state index >= 15 is 0 Å². The molecule has 0 aliphatic rings. The van der Waals surface area contributed by atoms with Crippen molar-refractivity contribution in [3.63, 3.8) is 0 Å². The second kappa shape index (κ2) is 6.50. The third kappa shape index (κ3) is 3.94. The number of carbonyl (C=O) groups excluding carboxylic acids is 1. The van der Waals surface area contributed by atoms with Crippen molar-refractivity contribution in [3.8, 4) is 5.75 Å². The largest absolute Gasteiger partial charge is 0.493 e. The minimum atomic E-state index is -0.294. The normalized spacial score (nSPS) is 11.8. The van der Waals surface area contributed by atoms with Crippen LogP contribution in [0.1, 0.15) is 25.2 Å². The Kier molecular flexibility index (Phi) is 4.48. The number of ether oxygens (including phenoxy) is 1. The summed E-state index contributed by atoms with van der Waals surface area (Å²) in [6.45, 7) is 2.07.